The van der Waals surface area contributed by atoms with Crippen LogP contribution in [0.1, 0.15) is 17.5 Å². The van der Waals surface area contributed by atoms with E-state index in [1.165, 1.54) is 23.1 Å². The first kappa shape index (κ1) is 34.2. The summed E-state index contributed by atoms with van der Waals surface area (Å²) >= 11 is 5.31. The third-order valence-electron chi connectivity index (χ3n) is 6.45. The van der Waals surface area contributed by atoms with E-state index in [0.717, 1.165) is 30.3 Å². The third-order valence-corrected chi connectivity index (χ3v) is 8.88. The largest absolute Gasteiger partial charge is 0.430 e. The van der Waals surface area contributed by atoms with Gasteiger partial charge in [-0.3, -0.25) is 4.79 Å². The maximum atomic E-state index is 13.5. The molecule has 0 radical (unpaired) electrons. The number of alkyl halides is 6. The molecule has 1 fully saturated rings. The summed E-state index contributed by atoms with van der Waals surface area (Å²) in [5.74, 6) is -3.12. The molecule has 0 spiro atoms. The summed E-state index contributed by atoms with van der Waals surface area (Å²) in [6, 6.07) is 11.3. The number of amides is 1. The molecule has 1 aliphatic heterocycles. The molecule has 16 heteroatoms. The van der Waals surface area contributed by atoms with Crippen molar-refractivity contribution in [3.63, 3.8) is 0 Å². The highest BCUT2D eigenvalue weighted by molar-refractivity contribution is 7.92. The van der Waals surface area contributed by atoms with Crippen LogP contribution in [0.3, 0.4) is 0 Å². The van der Waals surface area contributed by atoms with Crippen LogP contribution in [-0.4, -0.2) is 49.4 Å². The van der Waals surface area contributed by atoms with Crippen LogP contribution in [0, 0.1) is 17.5 Å². The predicted octanol–water partition coefficient (Wildman–Crippen LogP) is 7.53. The molecule has 3 aromatic carbocycles. The van der Waals surface area contributed by atoms with E-state index in [1.54, 1.807) is 0 Å². The summed E-state index contributed by atoms with van der Waals surface area (Å²) < 4.78 is 149. The molecule has 4 rings (SSSR count). The van der Waals surface area contributed by atoms with E-state index in [2.05, 4.69) is 4.74 Å². The Bertz CT molecular complexity index is 1480. The minimum absolute atomic E-state index is 0.0674. The quantitative estimate of drug-likeness (QED) is 0.119. The van der Waals surface area contributed by atoms with Crippen LogP contribution in [0.4, 0.5) is 44.3 Å². The Kier molecular flexibility index (Phi) is 10.4. The molecular weight excluding hydrogens is 641 g/mol. The average Bonchev–Trinajstić information content (AvgIpc) is 3.42. The van der Waals surface area contributed by atoms with Gasteiger partial charge < -0.3 is 9.64 Å². The van der Waals surface area contributed by atoms with Gasteiger partial charge in [0.2, 0.25) is 0 Å². The van der Waals surface area contributed by atoms with Crippen molar-refractivity contribution in [3.8, 4) is 0 Å². The Morgan fingerprint density at radius 2 is 1.37 bits per heavy atom. The molecule has 0 bridgehead atoms. The summed E-state index contributed by atoms with van der Waals surface area (Å²) in [4.78, 5) is 12.3. The van der Waals surface area contributed by atoms with Crippen LogP contribution in [0.2, 0.25) is 0 Å². The van der Waals surface area contributed by atoms with E-state index in [1.807, 2.05) is 0 Å². The first-order valence-electron chi connectivity index (χ1n) is 12.1. The molecule has 3 aromatic rings. The lowest BCUT2D eigenvalue weighted by molar-refractivity contribution is -0.392. The van der Waals surface area contributed by atoms with Crippen LogP contribution in [0.25, 0.3) is 0 Å². The Hall–Kier alpha value is -3.30. The van der Waals surface area contributed by atoms with Crippen molar-refractivity contribution in [1.29, 1.82) is 0 Å². The monoisotopic (exact) mass is 661 g/mol. The van der Waals surface area contributed by atoms with Gasteiger partial charge in [0.1, 0.15) is 17.5 Å². The molecule has 1 amide bonds. The molecule has 5 nitrogen and oxygen atoms in total. The molecule has 0 aliphatic carbocycles. The Morgan fingerprint density at radius 3 is 1.84 bits per heavy atom. The minimum Gasteiger partial charge on any atom is -0.349 e. The lowest BCUT2D eigenvalue weighted by Gasteiger charge is -2.37. The van der Waals surface area contributed by atoms with Crippen LogP contribution < -0.4 is 0 Å². The van der Waals surface area contributed by atoms with E-state index < -0.39 is 73.6 Å². The number of sulfone groups is 1. The lowest BCUT2D eigenvalue weighted by Crippen LogP contribution is -2.55. The summed E-state index contributed by atoms with van der Waals surface area (Å²) in [6.07, 6.45) is -11.5. The number of halogens is 10. The molecule has 1 saturated heterocycles. The van der Waals surface area contributed by atoms with Gasteiger partial charge in [0, 0.05) is 24.2 Å². The topological polar surface area (TPSA) is 63.7 Å². The highest BCUT2D eigenvalue weighted by atomic mass is 35.5. The maximum Gasteiger partial charge on any atom is 0.430 e. The van der Waals surface area contributed by atoms with E-state index in [4.69, 9.17) is 11.6 Å². The van der Waals surface area contributed by atoms with Crippen molar-refractivity contribution in [3.05, 3.63) is 101 Å². The lowest BCUT2D eigenvalue weighted by atomic mass is 9.91. The predicted molar refractivity (Wildman–Crippen MR) is 136 cm³/mol. The first-order valence-corrected chi connectivity index (χ1v) is 14.0. The second-order valence-electron chi connectivity index (χ2n) is 9.14. The van der Waals surface area contributed by atoms with Crippen molar-refractivity contribution in [2.24, 2.45) is 0 Å². The second kappa shape index (κ2) is 13.1. The number of carbonyl (C=O) groups is 1. The zero-order chi connectivity index (χ0) is 32.2. The van der Waals surface area contributed by atoms with Gasteiger partial charge in [-0.05, 0) is 54.4 Å². The van der Waals surface area contributed by atoms with Crippen LogP contribution in [-0.2, 0) is 26.8 Å². The average molecular weight is 662 g/mol. The molecule has 43 heavy (non-hydrogen) atoms. The molecule has 1 atom stereocenters. The fourth-order valence-corrected chi connectivity index (χ4v) is 6.06. The molecule has 0 aromatic heterocycles. The highest BCUT2D eigenvalue weighted by Gasteiger charge is 2.73. The summed E-state index contributed by atoms with van der Waals surface area (Å²) in [5.41, 5.74) is -7.00. The van der Waals surface area contributed by atoms with E-state index >= 15 is 0 Å². The Morgan fingerprint density at radius 1 is 0.837 bits per heavy atom. The van der Waals surface area contributed by atoms with Gasteiger partial charge in [-0.15, -0.1) is 0 Å². The molecule has 1 heterocycles. The van der Waals surface area contributed by atoms with Gasteiger partial charge in [0.25, 0.3) is 5.60 Å². The smallest absolute Gasteiger partial charge is 0.349 e. The number of ether oxygens (including phenoxy) is 1. The zero-order valence-electron chi connectivity index (χ0n) is 21.6. The fraction of sp³-hybridized carbons (Fsp3) is 0.296. The summed E-state index contributed by atoms with van der Waals surface area (Å²) in [6.45, 7) is -1.15. The number of hydrogen-bond acceptors (Lipinski definition) is 4. The number of rotatable bonds is 6. The van der Waals surface area contributed by atoms with Gasteiger partial charge >= 0.3 is 17.7 Å². The van der Waals surface area contributed by atoms with Gasteiger partial charge in [-0.1, -0.05) is 36.4 Å². The first-order chi connectivity index (χ1) is 19.9. The van der Waals surface area contributed by atoms with Gasteiger partial charge in [0.05, 0.1) is 16.8 Å². The van der Waals surface area contributed by atoms with Crippen molar-refractivity contribution in [2.45, 2.75) is 41.1 Å². The minimum atomic E-state index is -5.92. The normalized spacial score (nSPS) is 16.0. The number of benzene rings is 3. The molecule has 0 N–H and O–H groups in total. The Labute approximate surface area is 244 Å². The maximum absolute atomic E-state index is 13.5. The number of hydrogen-bond donors (Lipinski definition) is 0. The van der Waals surface area contributed by atoms with Crippen LogP contribution >= 0.6 is 11.6 Å². The summed E-state index contributed by atoms with van der Waals surface area (Å²) in [7, 11) is -3.54. The van der Waals surface area contributed by atoms with Gasteiger partial charge in [0.15, 0.2) is 9.84 Å². The van der Waals surface area contributed by atoms with E-state index in [-0.39, 0.29) is 11.4 Å². The van der Waals surface area contributed by atoms with E-state index in [9.17, 15) is 52.7 Å². The number of likely N-dealkylation sites (tertiary alicyclic amines) is 1. The Balaban J connectivity index is 0.000000248. The number of carbonyl (C=O) groups excluding carboxylic acids is 1. The summed E-state index contributed by atoms with van der Waals surface area (Å²) in [5, 5.41) is -1.32. The standard InChI is InChI=1S/C16H10F8O.C11H11ClFNO3S/c17-12-7-4-8-13(18)11(12)9-25-14(15(19,20)21,16(22,23)24)10-5-2-1-3-6-10;12-11(15)14-6-5-10(7-14)18(16,17)9-3-1-8(13)2-4-9/h1-8H,9H2;1-4,10H,5-7H2. The zero-order valence-corrected chi connectivity index (χ0v) is 23.2. The van der Waals surface area contributed by atoms with Gasteiger partial charge in [-0.2, -0.15) is 26.3 Å². The fourth-order valence-electron chi connectivity index (χ4n) is 4.22. The number of nitrogens with zero attached hydrogens (tertiary/aromatic N) is 1. The van der Waals surface area contributed by atoms with E-state index in [0.29, 0.717) is 37.2 Å². The van der Waals surface area contributed by atoms with Gasteiger partial charge in [-0.25, -0.2) is 21.6 Å². The van der Waals surface area contributed by atoms with Crippen molar-refractivity contribution in [1.82, 2.24) is 4.90 Å². The molecule has 0 saturated carbocycles. The molecule has 234 valence electrons. The molecule has 1 aliphatic rings. The van der Waals surface area contributed by atoms with Crippen LogP contribution in [0.15, 0.2) is 77.7 Å². The molecular formula is C27H21ClF9NO4S. The third kappa shape index (κ3) is 7.44. The van der Waals surface area contributed by atoms with Crippen molar-refractivity contribution >= 4 is 26.8 Å². The second-order valence-corrected chi connectivity index (χ2v) is 11.7. The van der Waals surface area contributed by atoms with Crippen molar-refractivity contribution in [2.75, 3.05) is 13.1 Å². The SMILES string of the molecule is Fc1cccc(F)c1COC(c1ccccc1)(C(F)(F)F)C(F)(F)F.O=C(Cl)N1CCC(S(=O)(=O)c2ccc(F)cc2)C1. The molecule has 1 unspecified atom stereocenters. The van der Waals surface area contributed by atoms with Crippen LogP contribution in [0.5, 0.6) is 0 Å². The van der Waals surface area contributed by atoms with Crippen molar-refractivity contribution < 1.29 is 57.5 Å². The highest BCUT2D eigenvalue weighted by Crippen LogP contribution is 2.53.